The lowest BCUT2D eigenvalue weighted by Crippen LogP contribution is -2.32. The van der Waals surface area contributed by atoms with Gasteiger partial charge in [0.05, 0.1) is 23.8 Å². The van der Waals surface area contributed by atoms with Crippen LogP contribution in [0.25, 0.3) is 0 Å². The van der Waals surface area contributed by atoms with Crippen LogP contribution >= 0.6 is 11.6 Å². The van der Waals surface area contributed by atoms with Gasteiger partial charge in [-0.2, -0.15) is 5.10 Å². The number of aromatic nitrogens is 2. The number of phenolic OH excluding ortho intramolecular Hbond substituents is 1. The fraction of sp³-hybridized carbons (Fsp3) is 0.474. The molecule has 3 rings (SSSR count). The van der Waals surface area contributed by atoms with Crippen molar-refractivity contribution in [2.75, 3.05) is 19.8 Å². The van der Waals surface area contributed by atoms with Crippen LogP contribution in [0.4, 0.5) is 0 Å². The summed E-state index contributed by atoms with van der Waals surface area (Å²) in [6, 6.07) is 5.44. The average Bonchev–Trinajstić information content (AvgIpc) is 3.13. The van der Waals surface area contributed by atoms with Gasteiger partial charge in [0.2, 0.25) is 0 Å². The maximum Gasteiger partial charge on any atom is 0.157 e. The Kier molecular flexibility index (Phi) is 5.84. The molecular formula is C19H23ClN2O4. The monoisotopic (exact) mass is 378 g/mol. The van der Waals surface area contributed by atoms with Gasteiger partial charge in [-0.3, -0.25) is 9.48 Å². The standard InChI is InChI=1S/C19H23ClN2O4/c1-12(2)22-17(5-7-21-22)14-6-8-25-10-13(14)11-26-18-4-3-16(20)19(24)15(18)9-23/h3-5,7,9,12-14,24H,6,8,10-11H2,1-2H3. The Hall–Kier alpha value is -2.05. The van der Waals surface area contributed by atoms with E-state index in [0.29, 0.717) is 31.9 Å². The van der Waals surface area contributed by atoms with Crippen LogP contribution in [-0.4, -0.2) is 41.0 Å². The zero-order chi connectivity index (χ0) is 18.7. The van der Waals surface area contributed by atoms with E-state index in [1.165, 1.54) is 11.8 Å². The van der Waals surface area contributed by atoms with E-state index in [1.54, 1.807) is 6.07 Å². The Morgan fingerprint density at radius 3 is 3.00 bits per heavy atom. The minimum atomic E-state index is -0.256. The quantitative estimate of drug-likeness (QED) is 0.773. The number of carbonyl (C=O) groups excluding carboxylic acids is 1. The molecule has 26 heavy (non-hydrogen) atoms. The molecule has 2 atom stereocenters. The largest absolute Gasteiger partial charge is 0.505 e. The van der Waals surface area contributed by atoms with Crippen molar-refractivity contribution in [1.82, 2.24) is 9.78 Å². The zero-order valence-corrected chi connectivity index (χ0v) is 15.6. The highest BCUT2D eigenvalue weighted by Crippen LogP contribution is 2.36. The number of nitrogens with zero attached hydrogens (tertiary/aromatic N) is 2. The predicted octanol–water partition coefficient (Wildman–Crippen LogP) is 3.83. The molecule has 140 valence electrons. The lowest BCUT2D eigenvalue weighted by atomic mass is 9.86. The summed E-state index contributed by atoms with van der Waals surface area (Å²) in [5.41, 5.74) is 1.24. The van der Waals surface area contributed by atoms with E-state index in [2.05, 4.69) is 18.9 Å². The summed E-state index contributed by atoms with van der Waals surface area (Å²) in [6.07, 6.45) is 3.27. The number of carbonyl (C=O) groups is 1. The predicted molar refractivity (Wildman–Crippen MR) is 98.3 cm³/mol. The van der Waals surface area contributed by atoms with Crippen molar-refractivity contribution in [3.63, 3.8) is 0 Å². The molecule has 1 aliphatic rings. The molecule has 1 saturated heterocycles. The van der Waals surface area contributed by atoms with Crippen molar-refractivity contribution >= 4 is 17.9 Å². The third-order valence-electron chi connectivity index (χ3n) is 4.74. The van der Waals surface area contributed by atoms with E-state index in [0.717, 1.165) is 6.42 Å². The molecule has 2 aromatic rings. The van der Waals surface area contributed by atoms with Crippen molar-refractivity contribution in [3.05, 3.63) is 40.7 Å². The van der Waals surface area contributed by atoms with Crippen molar-refractivity contribution in [2.45, 2.75) is 32.2 Å². The molecule has 0 spiro atoms. The number of aldehydes is 1. The molecule has 0 amide bonds. The van der Waals surface area contributed by atoms with E-state index >= 15 is 0 Å². The third-order valence-corrected chi connectivity index (χ3v) is 5.05. The molecule has 1 N–H and O–H groups in total. The number of hydrogen-bond donors (Lipinski definition) is 1. The summed E-state index contributed by atoms with van der Waals surface area (Å²) in [5.74, 6) is 0.446. The van der Waals surface area contributed by atoms with Crippen LogP contribution in [0.15, 0.2) is 24.4 Å². The SMILES string of the molecule is CC(C)n1nccc1C1CCOCC1COc1ccc(Cl)c(O)c1C=O. The summed E-state index contributed by atoms with van der Waals surface area (Å²) in [5, 5.41) is 14.5. The molecule has 1 aliphatic heterocycles. The summed E-state index contributed by atoms with van der Waals surface area (Å²) in [4.78, 5) is 11.3. The number of benzene rings is 1. The van der Waals surface area contributed by atoms with Crippen molar-refractivity contribution < 1.29 is 19.4 Å². The highest BCUT2D eigenvalue weighted by molar-refractivity contribution is 6.32. The van der Waals surface area contributed by atoms with Crippen molar-refractivity contribution in [3.8, 4) is 11.5 Å². The normalized spacial score (nSPS) is 20.3. The van der Waals surface area contributed by atoms with Gasteiger partial charge in [-0.25, -0.2) is 0 Å². The second-order valence-corrected chi connectivity index (χ2v) is 7.17. The Labute approximate surface area is 157 Å². The first-order chi connectivity index (χ1) is 12.5. The van der Waals surface area contributed by atoms with Gasteiger partial charge in [0, 0.05) is 36.4 Å². The lowest BCUT2D eigenvalue weighted by molar-refractivity contribution is 0.0183. The number of hydrogen-bond acceptors (Lipinski definition) is 5. The molecule has 0 saturated carbocycles. The van der Waals surface area contributed by atoms with Gasteiger partial charge in [0.15, 0.2) is 6.29 Å². The Morgan fingerprint density at radius 1 is 1.46 bits per heavy atom. The van der Waals surface area contributed by atoms with Gasteiger partial charge in [0.1, 0.15) is 11.5 Å². The van der Waals surface area contributed by atoms with E-state index in [1.807, 2.05) is 16.9 Å². The average molecular weight is 379 g/mol. The number of ether oxygens (including phenoxy) is 2. The molecular weight excluding hydrogens is 356 g/mol. The first-order valence-corrected chi connectivity index (χ1v) is 9.11. The fourth-order valence-corrected chi connectivity index (χ4v) is 3.56. The highest BCUT2D eigenvalue weighted by Gasteiger charge is 2.31. The van der Waals surface area contributed by atoms with Gasteiger partial charge in [0.25, 0.3) is 0 Å². The molecule has 2 heterocycles. The van der Waals surface area contributed by atoms with Gasteiger partial charge >= 0.3 is 0 Å². The molecule has 7 heteroatoms. The van der Waals surface area contributed by atoms with Gasteiger partial charge < -0.3 is 14.6 Å². The number of rotatable bonds is 6. The minimum absolute atomic E-state index is 0.0676. The number of phenols is 1. The van der Waals surface area contributed by atoms with Gasteiger partial charge in [-0.1, -0.05) is 11.6 Å². The summed E-state index contributed by atoms with van der Waals surface area (Å²) < 4.78 is 13.6. The molecule has 1 aromatic heterocycles. The fourth-order valence-electron chi connectivity index (χ4n) is 3.40. The topological polar surface area (TPSA) is 73.6 Å². The molecule has 2 unspecified atom stereocenters. The Balaban J connectivity index is 1.79. The second kappa shape index (κ2) is 8.10. The summed E-state index contributed by atoms with van der Waals surface area (Å²) in [6.45, 7) is 5.86. The van der Waals surface area contributed by atoms with E-state index in [-0.39, 0.29) is 34.2 Å². The number of halogens is 1. The minimum Gasteiger partial charge on any atom is -0.505 e. The van der Waals surface area contributed by atoms with E-state index in [4.69, 9.17) is 21.1 Å². The van der Waals surface area contributed by atoms with Gasteiger partial charge in [-0.05, 0) is 38.5 Å². The molecule has 6 nitrogen and oxygen atoms in total. The third kappa shape index (κ3) is 3.71. The van der Waals surface area contributed by atoms with E-state index < -0.39 is 0 Å². The molecule has 0 bridgehead atoms. The summed E-state index contributed by atoms with van der Waals surface area (Å²) in [7, 11) is 0. The number of aromatic hydroxyl groups is 1. The first kappa shape index (κ1) is 18.7. The zero-order valence-electron chi connectivity index (χ0n) is 14.9. The maximum absolute atomic E-state index is 11.3. The Morgan fingerprint density at radius 2 is 2.27 bits per heavy atom. The molecule has 0 aliphatic carbocycles. The Bertz CT molecular complexity index is 775. The molecule has 1 aromatic carbocycles. The van der Waals surface area contributed by atoms with Crippen LogP contribution in [0.2, 0.25) is 5.02 Å². The molecule has 0 radical (unpaired) electrons. The van der Waals surface area contributed by atoms with Crippen LogP contribution in [0, 0.1) is 5.92 Å². The van der Waals surface area contributed by atoms with Crippen LogP contribution in [0.3, 0.4) is 0 Å². The smallest absolute Gasteiger partial charge is 0.157 e. The lowest BCUT2D eigenvalue weighted by Gasteiger charge is -2.32. The van der Waals surface area contributed by atoms with Gasteiger partial charge in [-0.15, -0.1) is 0 Å². The van der Waals surface area contributed by atoms with Crippen LogP contribution in [0.5, 0.6) is 11.5 Å². The van der Waals surface area contributed by atoms with Crippen molar-refractivity contribution in [1.29, 1.82) is 0 Å². The first-order valence-electron chi connectivity index (χ1n) is 8.73. The van der Waals surface area contributed by atoms with Crippen LogP contribution in [-0.2, 0) is 4.74 Å². The highest BCUT2D eigenvalue weighted by atomic mass is 35.5. The van der Waals surface area contributed by atoms with Crippen LogP contribution in [0.1, 0.15) is 48.3 Å². The van der Waals surface area contributed by atoms with E-state index in [9.17, 15) is 9.90 Å². The van der Waals surface area contributed by atoms with Crippen molar-refractivity contribution in [2.24, 2.45) is 5.92 Å². The second-order valence-electron chi connectivity index (χ2n) is 6.76. The summed E-state index contributed by atoms with van der Waals surface area (Å²) >= 11 is 5.86. The maximum atomic E-state index is 11.3. The van der Waals surface area contributed by atoms with Crippen LogP contribution < -0.4 is 4.74 Å². The molecule has 1 fully saturated rings.